The number of carbonyl (C=O) groups is 2. The molecule has 192 valence electrons. The van der Waals surface area contributed by atoms with Gasteiger partial charge in [0.1, 0.15) is 13.2 Å². The topological polar surface area (TPSA) is 96.0 Å². The number of nitrogens with zero attached hydrogens (tertiary/aromatic N) is 3. The van der Waals surface area contributed by atoms with Crippen LogP contribution < -0.4 is 20.1 Å². The van der Waals surface area contributed by atoms with Crippen LogP contribution in [0.15, 0.2) is 42.7 Å². The van der Waals surface area contributed by atoms with Gasteiger partial charge in [0.15, 0.2) is 11.5 Å². The molecule has 0 radical (unpaired) electrons. The molecule has 3 amide bonds. The molecule has 5 rings (SSSR count). The number of pyridine rings is 1. The minimum atomic E-state index is -0.163. The van der Waals surface area contributed by atoms with Gasteiger partial charge in [-0.2, -0.15) is 0 Å². The standard InChI is InChI=1S/C27H35N5O4/c33-26-22-9-14-32(27(34)30-21-5-6-24-25(17-21)36-16-15-35-24)19-23(22)31(13-4-2-1-3-10-29-26)18-20-7-11-28-12-8-20/h5-8,11-12,17,22-23H,1-4,9-10,13-16,18-19H2,(H,29,33)(H,30,34)/t22-,23+/m0/s1. The van der Waals surface area contributed by atoms with Gasteiger partial charge in [-0.25, -0.2) is 4.79 Å². The highest BCUT2D eigenvalue weighted by Crippen LogP contribution is 2.33. The van der Waals surface area contributed by atoms with Crippen molar-refractivity contribution >= 4 is 17.6 Å². The number of amides is 3. The molecule has 3 aliphatic heterocycles. The van der Waals surface area contributed by atoms with Crippen molar-refractivity contribution < 1.29 is 19.1 Å². The van der Waals surface area contributed by atoms with Gasteiger partial charge in [-0.1, -0.05) is 12.8 Å². The number of nitrogens with one attached hydrogen (secondary N) is 2. The van der Waals surface area contributed by atoms with E-state index in [-0.39, 0.29) is 23.9 Å². The van der Waals surface area contributed by atoms with E-state index in [4.69, 9.17) is 9.47 Å². The Morgan fingerprint density at radius 1 is 1.03 bits per heavy atom. The Balaban J connectivity index is 1.33. The number of piperidine rings is 1. The van der Waals surface area contributed by atoms with Crippen molar-refractivity contribution in [3.05, 3.63) is 48.3 Å². The molecule has 1 aromatic heterocycles. The predicted molar refractivity (Wildman–Crippen MR) is 136 cm³/mol. The third-order valence-electron chi connectivity index (χ3n) is 7.27. The van der Waals surface area contributed by atoms with Crippen molar-refractivity contribution in [2.75, 3.05) is 44.7 Å². The first-order valence-electron chi connectivity index (χ1n) is 13.0. The molecule has 0 saturated carbocycles. The monoisotopic (exact) mass is 493 g/mol. The average molecular weight is 494 g/mol. The number of hydrogen-bond donors (Lipinski definition) is 2. The van der Waals surface area contributed by atoms with Gasteiger partial charge in [0.2, 0.25) is 5.91 Å². The van der Waals surface area contributed by atoms with E-state index in [9.17, 15) is 9.59 Å². The normalized spacial score (nSPS) is 23.1. The molecule has 0 unspecified atom stereocenters. The first-order chi connectivity index (χ1) is 17.7. The maximum atomic E-state index is 13.3. The molecule has 9 nitrogen and oxygen atoms in total. The number of hydrogen-bond acceptors (Lipinski definition) is 6. The van der Waals surface area contributed by atoms with Crippen LogP contribution in [0.2, 0.25) is 0 Å². The number of urea groups is 1. The van der Waals surface area contributed by atoms with E-state index in [0.717, 1.165) is 50.9 Å². The second-order valence-corrected chi connectivity index (χ2v) is 9.73. The number of anilines is 1. The van der Waals surface area contributed by atoms with Crippen LogP contribution in [0.1, 0.15) is 37.7 Å². The summed E-state index contributed by atoms with van der Waals surface area (Å²) in [7, 11) is 0. The van der Waals surface area contributed by atoms with Crippen LogP contribution in [-0.2, 0) is 11.3 Å². The van der Waals surface area contributed by atoms with E-state index in [1.807, 2.05) is 29.2 Å². The van der Waals surface area contributed by atoms with Crippen LogP contribution >= 0.6 is 0 Å². The lowest BCUT2D eigenvalue weighted by molar-refractivity contribution is -0.129. The maximum Gasteiger partial charge on any atom is 0.321 e. The quantitative estimate of drug-likeness (QED) is 0.682. The van der Waals surface area contributed by atoms with Crippen molar-refractivity contribution in [2.45, 2.75) is 44.7 Å². The zero-order valence-electron chi connectivity index (χ0n) is 20.7. The van der Waals surface area contributed by atoms with Crippen molar-refractivity contribution in [2.24, 2.45) is 5.92 Å². The Kier molecular flexibility index (Phi) is 7.85. The van der Waals surface area contributed by atoms with Crippen LogP contribution in [0, 0.1) is 5.92 Å². The Bertz CT molecular complexity index is 1050. The summed E-state index contributed by atoms with van der Waals surface area (Å²) in [5.41, 5.74) is 1.83. The first-order valence-corrected chi connectivity index (χ1v) is 13.0. The molecule has 0 aliphatic carbocycles. The summed E-state index contributed by atoms with van der Waals surface area (Å²) in [6.07, 6.45) is 8.58. The van der Waals surface area contributed by atoms with Gasteiger partial charge in [-0.05, 0) is 55.6 Å². The number of carbonyl (C=O) groups excluding carboxylic acids is 2. The van der Waals surface area contributed by atoms with E-state index in [2.05, 4.69) is 20.5 Å². The lowest BCUT2D eigenvalue weighted by Gasteiger charge is -2.43. The molecule has 4 heterocycles. The summed E-state index contributed by atoms with van der Waals surface area (Å²) < 4.78 is 11.2. The number of rotatable bonds is 3. The third-order valence-corrected chi connectivity index (χ3v) is 7.27. The lowest BCUT2D eigenvalue weighted by atomic mass is 9.89. The van der Waals surface area contributed by atoms with Gasteiger partial charge in [-0.15, -0.1) is 0 Å². The second kappa shape index (κ2) is 11.6. The second-order valence-electron chi connectivity index (χ2n) is 9.73. The molecule has 2 fully saturated rings. The average Bonchev–Trinajstić information content (AvgIpc) is 2.94. The molecule has 0 spiro atoms. The first kappa shape index (κ1) is 24.4. The Labute approximate surface area is 212 Å². The van der Waals surface area contributed by atoms with Crippen molar-refractivity contribution in [1.82, 2.24) is 20.1 Å². The molecule has 36 heavy (non-hydrogen) atoms. The molecule has 2 aromatic rings. The summed E-state index contributed by atoms with van der Waals surface area (Å²) in [6, 6.07) is 9.27. The minimum absolute atomic E-state index is 0.0592. The van der Waals surface area contributed by atoms with Crippen LogP contribution in [0.5, 0.6) is 11.5 Å². The summed E-state index contributed by atoms with van der Waals surface area (Å²) in [4.78, 5) is 34.9. The van der Waals surface area contributed by atoms with E-state index in [0.29, 0.717) is 49.9 Å². The molecule has 2 atom stereocenters. The van der Waals surface area contributed by atoms with Crippen LogP contribution in [0.25, 0.3) is 0 Å². The molecule has 3 aliphatic rings. The van der Waals surface area contributed by atoms with Crippen molar-refractivity contribution in [3.63, 3.8) is 0 Å². The Hall–Kier alpha value is -3.33. The van der Waals surface area contributed by atoms with Crippen molar-refractivity contribution in [3.8, 4) is 11.5 Å². The number of aromatic nitrogens is 1. The van der Waals surface area contributed by atoms with Gasteiger partial charge < -0.3 is 25.0 Å². The van der Waals surface area contributed by atoms with E-state index >= 15 is 0 Å². The van der Waals surface area contributed by atoms with E-state index < -0.39 is 0 Å². The summed E-state index contributed by atoms with van der Waals surface area (Å²) >= 11 is 0. The number of ether oxygens (including phenoxy) is 2. The zero-order valence-corrected chi connectivity index (χ0v) is 20.7. The summed E-state index contributed by atoms with van der Waals surface area (Å²) in [5.74, 6) is 1.29. The minimum Gasteiger partial charge on any atom is -0.486 e. The van der Waals surface area contributed by atoms with Gasteiger partial charge in [-0.3, -0.25) is 14.7 Å². The van der Waals surface area contributed by atoms with Gasteiger partial charge in [0.25, 0.3) is 0 Å². The van der Waals surface area contributed by atoms with E-state index in [1.54, 1.807) is 18.5 Å². The lowest BCUT2D eigenvalue weighted by Crippen LogP contribution is -2.58. The molecule has 2 N–H and O–H groups in total. The van der Waals surface area contributed by atoms with Gasteiger partial charge >= 0.3 is 6.03 Å². The van der Waals surface area contributed by atoms with Gasteiger partial charge in [0, 0.05) is 56.4 Å². The summed E-state index contributed by atoms with van der Waals surface area (Å²) in [5, 5.41) is 6.17. The highest BCUT2D eigenvalue weighted by atomic mass is 16.6. The number of fused-ring (bicyclic) bond motifs is 2. The van der Waals surface area contributed by atoms with E-state index in [1.165, 1.54) is 0 Å². The maximum absolute atomic E-state index is 13.3. The van der Waals surface area contributed by atoms with Crippen molar-refractivity contribution in [1.29, 1.82) is 0 Å². The number of likely N-dealkylation sites (tertiary alicyclic amines) is 1. The van der Waals surface area contributed by atoms with Crippen LogP contribution in [0.4, 0.5) is 10.5 Å². The zero-order chi connectivity index (χ0) is 24.7. The fourth-order valence-corrected chi connectivity index (χ4v) is 5.34. The molecular weight excluding hydrogens is 458 g/mol. The SMILES string of the molecule is O=C1NCCCCCCN(Cc2ccncc2)[C@@H]2CN(C(=O)Nc3ccc4c(c3)OCCO4)CC[C@H]12. The molecule has 2 saturated heterocycles. The molecular formula is C27H35N5O4. The van der Waals surface area contributed by atoms with Gasteiger partial charge in [0.05, 0.1) is 5.92 Å². The Morgan fingerprint density at radius 3 is 2.69 bits per heavy atom. The fraction of sp³-hybridized carbons (Fsp3) is 0.519. The Morgan fingerprint density at radius 2 is 1.83 bits per heavy atom. The molecule has 0 bridgehead atoms. The fourth-order valence-electron chi connectivity index (χ4n) is 5.34. The molecule has 1 aromatic carbocycles. The highest BCUT2D eigenvalue weighted by molar-refractivity contribution is 5.90. The largest absolute Gasteiger partial charge is 0.486 e. The highest BCUT2D eigenvalue weighted by Gasteiger charge is 2.39. The smallest absolute Gasteiger partial charge is 0.321 e. The molecule has 9 heteroatoms. The van der Waals surface area contributed by atoms with Crippen LogP contribution in [0.3, 0.4) is 0 Å². The predicted octanol–water partition coefficient (Wildman–Crippen LogP) is 3.27. The number of benzene rings is 1. The third kappa shape index (κ3) is 5.90. The summed E-state index contributed by atoms with van der Waals surface area (Å²) in [6.45, 7) is 4.41. The van der Waals surface area contributed by atoms with Crippen LogP contribution in [-0.4, -0.2) is 72.2 Å².